The van der Waals surface area contributed by atoms with Gasteiger partial charge in [0.15, 0.2) is 0 Å². The number of hydrogen-bond donors (Lipinski definition) is 0. The first-order valence-electron chi connectivity index (χ1n) is 4.30. The summed E-state index contributed by atoms with van der Waals surface area (Å²) >= 11 is 0. The van der Waals surface area contributed by atoms with Crippen LogP contribution in [0.3, 0.4) is 0 Å². The molecule has 0 rings (SSSR count). The summed E-state index contributed by atoms with van der Waals surface area (Å²) in [5.41, 5.74) is 0. The van der Waals surface area contributed by atoms with E-state index >= 15 is 0 Å². The van der Waals surface area contributed by atoms with Crippen molar-refractivity contribution in [1.29, 1.82) is 0 Å². The fraction of sp³-hybridized carbons (Fsp3) is 1.00. The van der Waals surface area contributed by atoms with Crippen LogP contribution in [0.15, 0.2) is 0 Å². The third-order valence-corrected chi connectivity index (χ3v) is 1.09. The Labute approximate surface area is 78.8 Å². The molecule has 0 aromatic carbocycles. The van der Waals surface area contributed by atoms with Crippen LogP contribution in [0, 0.1) is 0 Å². The Kier molecular flexibility index (Phi) is 11.6. The van der Waals surface area contributed by atoms with Crippen molar-refractivity contribution in [3.05, 3.63) is 0 Å². The van der Waals surface area contributed by atoms with E-state index in [2.05, 4.69) is 9.62 Å². The Morgan fingerprint density at radius 2 is 1.54 bits per heavy atom. The summed E-state index contributed by atoms with van der Waals surface area (Å²) in [6.45, 7) is 4.74. The summed E-state index contributed by atoms with van der Waals surface area (Å²) in [4.78, 5) is 9.37. The molecule has 0 unspecified atom stereocenters. The molecule has 0 aromatic rings. The number of hydrogen-bond acceptors (Lipinski definition) is 5. The molecule has 5 nitrogen and oxygen atoms in total. The minimum Gasteiger partial charge on any atom is -0.377 e. The average Bonchev–Trinajstić information content (AvgIpc) is 2.16. The molecule has 0 N–H and O–H groups in total. The highest BCUT2D eigenvalue weighted by Gasteiger charge is 1.90. The first-order chi connectivity index (χ1) is 6.41. The third-order valence-electron chi connectivity index (χ3n) is 1.09. The van der Waals surface area contributed by atoms with Gasteiger partial charge in [0, 0.05) is 7.11 Å². The normalized spacial score (nSPS) is 10.6. The molecule has 0 heterocycles. The van der Waals surface area contributed by atoms with E-state index < -0.39 is 0 Å². The second-order valence-corrected chi connectivity index (χ2v) is 2.16. The van der Waals surface area contributed by atoms with E-state index in [1.807, 2.05) is 6.92 Å². The first kappa shape index (κ1) is 12.8. The van der Waals surface area contributed by atoms with Crippen molar-refractivity contribution in [2.45, 2.75) is 6.92 Å². The average molecular weight is 194 g/mol. The lowest BCUT2D eigenvalue weighted by Gasteiger charge is -2.04. The standard InChI is InChI=1S/C8H18O5/c1-3-12-13-7-6-10-4-5-11-8-9-2/h3-8H2,1-2H3. The van der Waals surface area contributed by atoms with Crippen LogP contribution in [0.1, 0.15) is 6.92 Å². The van der Waals surface area contributed by atoms with E-state index in [0.29, 0.717) is 39.8 Å². The van der Waals surface area contributed by atoms with Crippen LogP contribution < -0.4 is 0 Å². The molecule has 0 spiro atoms. The van der Waals surface area contributed by atoms with E-state index in [9.17, 15) is 0 Å². The smallest absolute Gasteiger partial charge is 0.146 e. The second-order valence-electron chi connectivity index (χ2n) is 2.16. The Morgan fingerprint density at radius 3 is 2.23 bits per heavy atom. The largest absolute Gasteiger partial charge is 0.377 e. The van der Waals surface area contributed by atoms with Gasteiger partial charge in [0.1, 0.15) is 13.4 Å². The summed E-state index contributed by atoms with van der Waals surface area (Å²) in [7, 11) is 1.58. The molecule has 0 bridgehead atoms. The molecule has 0 atom stereocenters. The van der Waals surface area contributed by atoms with Gasteiger partial charge in [-0.1, -0.05) is 0 Å². The molecular weight excluding hydrogens is 176 g/mol. The molecule has 0 aliphatic heterocycles. The zero-order valence-electron chi connectivity index (χ0n) is 8.28. The molecule has 0 amide bonds. The minimum atomic E-state index is 0.304. The molecular formula is C8H18O5. The van der Waals surface area contributed by atoms with Gasteiger partial charge < -0.3 is 14.2 Å². The Bertz CT molecular complexity index is 78.6. The maximum atomic E-state index is 5.14. The summed E-state index contributed by atoms with van der Waals surface area (Å²) in [5.74, 6) is 0. The van der Waals surface area contributed by atoms with Crippen molar-refractivity contribution in [2.24, 2.45) is 0 Å². The van der Waals surface area contributed by atoms with Gasteiger partial charge in [-0.3, -0.25) is 0 Å². The quantitative estimate of drug-likeness (QED) is 0.220. The number of methoxy groups -OCH3 is 1. The molecule has 0 radical (unpaired) electrons. The van der Waals surface area contributed by atoms with Gasteiger partial charge in [0.25, 0.3) is 0 Å². The molecule has 0 saturated heterocycles. The summed E-state index contributed by atoms with van der Waals surface area (Å²) in [5, 5.41) is 0. The molecule has 0 aliphatic rings. The van der Waals surface area contributed by atoms with Gasteiger partial charge in [-0.2, -0.15) is 0 Å². The summed E-state index contributed by atoms with van der Waals surface area (Å²) in [6, 6.07) is 0. The Balaban J connectivity index is 2.76. The van der Waals surface area contributed by atoms with Crippen LogP contribution in [0.4, 0.5) is 0 Å². The summed E-state index contributed by atoms with van der Waals surface area (Å²) < 4.78 is 14.8. The zero-order valence-corrected chi connectivity index (χ0v) is 8.28. The van der Waals surface area contributed by atoms with Gasteiger partial charge >= 0.3 is 0 Å². The predicted molar refractivity (Wildman–Crippen MR) is 46.2 cm³/mol. The predicted octanol–water partition coefficient (Wildman–Crippen LogP) is 0.592. The van der Waals surface area contributed by atoms with Gasteiger partial charge in [0.2, 0.25) is 0 Å². The fourth-order valence-electron chi connectivity index (χ4n) is 0.597. The van der Waals surface area contributed by atoms with Crippen molar-refractivity contribution < 1.29 is 24.0 Å². The van der Waals surface area contributed by atoms with Crippen LogP contribution in [0.25, 0.3) is 0 Å². The number of rotatable bonds is 10. The van der Waals surface area contributed by atoms with Crippen LogP contribution >= 0.6 is 0 Å². The van der Waals surface area contributed by atoms with E-state index in [1.54, 1.807) is 7.11 Å². The highest BCUT2D eigenvalue weighted by atomic mass is 17.2. The van der Waals surface area contributed by atoms with Gasteiger partial charge in [-0.15, -0.1) is 0 Å². The van der Waals surface area contributed by atoms with Crippen molar-refractivity contribution in [3.8, 4) is 0 Å². The van der Waals surface area contributed by atoms with Crippen LogP contribution in [-0.4, -0.2) is 46.9 Å². The van der Waals surface area contributed by atoms with Crippen LogP contribution in [-0.2, 0) is 24.0 Å². The van der Waals surface area contributed by atoms with E-state index in [-0.39, 0.29) is 0 Å². The highest BCUT2D eigenvalue weighted by Crippen LogP contribution is 1.82. The second kappa shape index (κ2) is 11.8. The van der Waals surface area contributed by atoms with Crippen molar-refractivity contribution in [2.75, 3.05) is 46.9 Å². The molecule has 80 valence electrons. The molecule has 13 heavy (non-hydrogen) atoms. The lowest BCUT2D eigenvalue weighted by molar-refractivity contribution is -0.296. The number of ether oxygens (including phenoxy) is 3. The monoisotopic (exact) mass is 194 g/mol. The maximum Gasteiger partial charge on any atom is 0.146 e. The van der Waals surface area contributed by atoms with Gasteiger partial charge in [0.05, 0.1) is 26.4 Å². The lowest BCUT2D eigenvalue weighted by Crippen LogP contribution is -2.10. The molecule has 0 fully saturated rings. The Hall–Kier alpha value is -0.200. The van der Waals surface area contributed by atoms with Crippen LogP contribution in [0.5, 0.6) is 0 Å². The third kappa shape index (κ3) is 11.8. The van der Waals surface area contributed by atoms with Crippen molar-refractivity contribution in [3.63, 3.8) is 0 Å². The molecule has 0 aromatic heterocycles. The van der Waals surface area contributed by atoms with E-state index in [4.69, 9.17) is 14.4 Å². The van der Waals surface area contributed by atoms with E-state index in [0.717, 1.165) is 0 Å². The van der Waals surface area contributed by atoms with Gasteiger partial charge in [-0.05, 0) is 6.92 Å². The minimum absolute atomic E-state index is 0.304. The zero-order chi connectivity index (χ0) is 9.78. The van der Waals surface area contributed by atoms with Gasteiger partial charge in [-0.25, -0.2) is 9.78 Å². The molecule has 5 heteroatoms. The highest BCUT2D eigenvalue weighted by molar-refractivity contribution is 4.28. The Morgan fingerprint density at radius 1 is 0.846 bits per heavy atom. The lowest BCUT2D eigenvalue weighted by atomic mass is 10.7. The fourth-order valence-corrected chi connectivity index (χ4v) is 0.597. The molecule has 0 aliphatic carbocycles. The molecule has 0 saturated carbocycles. The maximum absolute atomic E-state index is 5.14. The first-order valence-corrected chi connectivity index (χ1v) is 4.30. The topological polar surface area (TPSA) is 46.2 Å². The van der Waals surface area contributed by atoms with Crippen molar-refractivity contribution >= 4 is 0 Å². The summed E-state index contributed by atoms with van der Waals surface area (Å²) in [6.07, 6.45) is 0. The SMILES string of the molecule is CCOOCCOCCOCOC. The van der Waals surface area contributed by atoms with Crippen molar-refractivity contribution in [1.82, 2.24) is 0 Å². The van der Waals surface area contributed by atoms with Crippen LogP contribution in [0.2, 0.25) is 0 Å². The van der Waals surface area contributed by atoms with E-state index in [1.165, 1.54) is 0 Å².